The van der Waals surface area contributed by atoms with Gasteiger partial charge in [-0.2, -0.15) is 0 Å². The zero-order valence-electron chi connectivity index (χ0n) is 11.4. The second-order valence-corrected chi connectivity index (χ2v) is 4.48. The van der Waals surface area contributed by atoms with Crippen LogP contribution in [0.2, 0.25) is 0 Å². The summed E-state index contributed by atoms with van der Waals surface area (Å²) in [6, 6.07) is 5.78. The molecule has 0 radical (unpaired) electrons. The number of ether oxygens (including phenoxy) is 1. The number of alkyl halides is 3. The van der Waals surface area contributed by atoms with Gasteiger partial charge in [0.25, 0.3) is 0 Å². The quantitative estimate of drug-likeness (QED) is 0.830. The monoisotopic (exact) mass is 300 g/mol. The Balaban J connectivity index is 1.75. The van der Waals surface area contributed by atoms with Crippen LogP contribution in [0.15, 0.2) is 30.6 Å². The molecule has 1 aromatic heterocycles. The molecule has 0 amide bonds. The maximum atomic E-state index is 12.0. The number of benzene rings is 1. The lowest BCUT2D eigenvalue weighted by Gasteiger charge is -2.09. The van der Waals surface area contributed by atoms with Crippen molar-refractivity contribution in [2.24, 2.45) is 7.05 Å². The molecule has 2 aromatic rings. The number of hydrogen-bond donors (Lipinski definition) is 1. The fraction of sp³-hybridized carbons (Fsp3) is 0.385. The minimum Gasteiger partial charge on any atom is -0.406 e. The first-order valence-corrected chi connectivity index (χ1v) is 6.32. The minimum absolute atomic E-state index is 0.217. The Kier molecular flexibility index (Phi) is 4.79. The number of hydrogen-bond acceptors (Lipinski definition) is 4. The summed E-state index contributed by atoms with van der Waals surface area (Å²) in [6.07, 6.45) is -2.30. The summed E-state index contributed by atoms with van der Waals surface area (Å²) in [5, 5.41) is 10.9. The van der Waals surface area contributed by atoms with E-state index in [2.05, 4.69) is 20.3 Å². The Morgan fingerprint density at radius 1 is 1.24 bits per heavy atom. The van der Waals surface area contributed by atoms with E-state index in [1.807, 2.05) is 11.6 Å². The molecular formula is C13H15F3N4O. The molecule has 0 aliphatic heterocycles. The van der Waals surface area contributed by atoms with Gasteiger partial charge in [-0.25, -0.2) is 0 Å². The lowest BCUT2D eigenvalue weighted by atomic mass is 10.2. The highest BCUT2D eigenvalue weighted by atomic mass is 19.4. The molecule has 0 bridgehead atoms. The fourth-order valence-corrected chi connectivity index (χ4v) is 1.78. The van der Waals surface area contributed by atoms with Crippen molar-refractivity contribution >= 4 is 0 Å². The summed E-state index contributed by atoms with van der Waals surface area (Å²) in [6.45, 7) is 1.26. The van der Waals surface area contributed by atoms with E-state index in [0.717, 1.165) is 17.8 Å². The predicted octanol–water partition coefficient (Wildman–Crippen LogP) is 2.05. The van der Waals surface area contributed by atoms with Crippen molar-refractivity contribution in [3.63, 3.8) is 0 Å². The number of rotatable bonds is 6. The maximum absolute atomic E-state index is 12.0. The van der Waals surface area contributed by atoms with Crippen LogP contribution in [-0.4, -0.2) is 27.7 Å². The molecule has 5 nitrogen and oxygen atoms in total. The molecular weight excluding hydrogens is 285 g/mol. The number of nitrogens with one attached hydrogen (secondary N) is 1. The molecule has 114 valence electrons. The van der Waals surface area contributed by atoms with E-state index >= 15 is 0 Å². The van der Waals surface area contributed by atoms with Crippen LogP contribution in [-0.2, 0) is 20.0 Å². The molecule has 0 spiro atoms. The van der Waals surface area contributed by atoms with E-state index in [-0.39, 0.29) is 5.75 Å². The Hall–Kier alpha value is -2.09. The minimum atomic E-state index is -4.66. The third kappa shape index (κ3) is 5.07. The second-order valence-electron chi connectivity index (χ2n) is 4.48. The molecule has 1 heterocycles. The molecule has 0 aliphatic carbocycles. The molecule has 0 aliphatic rings. The third-order valence-electron chi connectivity index (χ3n) is 2.82. The molecule has 21 heavy (non-hydrogen) atoms. The van der Waals surface area contributed by atoms with Crippen LogP contribution in [0.1, 0.15) is 11.4 Å². The van der Waals surface area contributed by atoms with E-state index in [4.69, 9.17) is 0 Å². The summed E-state index contributed by atoms with van der Waals surface area (Å²) in [5.74, 6) is 0.654. The molecule has 8 heteroatoms. The summed E-state index contributed by atoms with van der Waals surface area (Å²) in [4.78, 5) is 0. The largest absolute Gasteiger partial charge is 0.573 e. The van der Waals surface area contributed by atoms with E-state index in [1.165, 1.54) is 12.1 Å². The van der Waals surface area contributed by atoms with Crippen LogP contribution in [0.25, 0.3) is 0 Å². The zero-order valence-corrected chi connectivity index (χ0v) is 11.4. The van der Waals surface area contributed by atoms with Gasteiger partial charge in [-0.15, -0.1) is 23.4 Å². The average molecular weight is 300 g/mol. The summed E-state index contributed by atoms with van der Waals surface area (Å²) >= 11 is 0. The van der Waals surface area contributed by atoms with Crippen LogP contribution in [0.4, 0.5) is 13.2 Å². The standard InChI is InChI=1S/C13H15F3N4O/c1-20-9-18-19-12(20)6-7-17-8-10-2-4-11(5-3-10)21-13(14,15)16/h2-5,9,17H,6-8H2,1H3. The Bertz CT molecular complexity index is 566. The lowest BCUT2D eigenvalue weighted by molar-refractivity contribution is -0.274. The third-order valence-corrected chi connectivity index (χ3v) is 2.82. The SMILES string of the molecule is Cn1cnnc1CCNCc1ccc(OC(F)(F)F)cc1. The number of halogens is 3. The number of nitrogens with zero attached hydrogens (tertiary/aromatic N) is 3. The summed E-state index contributed by atoms with van der Waals surface area (Å²) in [5.41, 5.74) is 0.877. The van der Waals surface area contributed by atoms with Gasteiger partial charge >= 0.3 is 6.36 Å². The first kappa shape index (κ1) is 15.3. The van der Waals surface area contributed by atoms with Crippen molar-refractivity contribution in [2.75, 3.05) is 6.54 Å². The molecule has 0 unspecified atom stereocenters. The van der Waals surface area contributed by atoms with Crippen molar-refractivity contribution in [3.05, 3.63) is 42.0 Å². The molecule has 1 N–H and O–H groups in total. The smallest absolute Gasteiger partial charge is 0.406 e. The van der Waals surface area contributed by atoms with Gasteiger partial charge in [-0.1, -0.05) is 12.1 Å². The van der Waals surface area contributed by atoms with Crippen molar-refractivity contribution in [3.8, 4) is 5.75 Å². The van der Waals surface area contributed by atoms with Crippen molar-refractivity contribution in [1.82, 2.24) is 20.1 Å². The van der Waals surface area contributed by atoms with Gasteiger partial charge in [0, 0.05) is 26.6 Å². The normalized spacial score (nSPS) is 11.6. The first-order valence-electron chi connectivity index (χ1n) is 6.32. The van der Waals surface area contributed by atoms with Crippen molar-refractivity contribution in [1.29, 1.82) is 0 Å². The van der Waals surface area contributed by atoms with Crippen LogP contribution in [0, 0.1) is 0 Å². The van der Waals surface area contributed by atoms with Gasteiger partial charge < -0.3 is 14.6 Å². The molecule has 0 saturated carbocycles. The van der Waals surface area contributed by atoms with Crippen LogP contribution in [0.3, 0.4) is 0 Å². The van der Waals surface area contributed by atoms with Crippen LogP contribution < -0.4 is 10.1 Å². The molecule has 0 atom stereocenters. The second kappa shape index (κ2) is 6.57. The van der Waals surface area contributed by atoms with Gasteiger partial charge in [-0.05, 0) is 17.7 Å². The van der Waals surface area contributed by atoms with Gasteiger partial charge in [0.1, 0.15) is 17.9 Å². The molecule has 0 fully saturated rings. The van der Waals surface area contributed by atoms with E-state index in [0.29, 0.717) is 13.1 Å². The Morgan fingerprint density at radius 3 is 2.52 bits per heavy atom. The lowest BCUT2D eigenvalue weighted by Crippen LogP contribution is -2.18. The van der Waals surface area contributed by atoms with Gasteiger partial charge in [-0.3, -0.25) is 0 Å². The van der Waals surface area contributed by atoms with Gasteiger partial charge in [0.05, 0.1) is 0 Å². The molecule has 1 aromatic carbocycles. The van der Waals surface area contributed by atoms with E-state index in [1.54, 1.807) is 18.5 Å². The van der Waals surface area contributed by atoms with E-state index in [9.17, 15) is 13.2 Å². The highest BCUT2D eigenvalue weighted by molar-refractivity contribution is 5.27. The van der Waals surface area contributed by atoms with Crippen molar-refractivity contribution in [2.45, 2.75) is 19.3 Å². The maximum Gasteiger partial charge on any atom is 0.573 e. The van der Waals surface area contributed by atoms with Gasteiger partial charge in [0.15, 0.2) is 0 Å². The fourth-order valence-electron chi connectivity index (χ4n) is 1.78. The topological polar surface area (TPSA) is 52.0 Å². The van der Waals surface area contributed by atoms with Crippen LogP contribution in [0.5, 0.6) is 5.75 Å². The first-order chi connectivity index (χ1) is 9.94. The average Bonchev–Trinajstić information content (AvgIpc) is 2.80. The van der Waals surface area contributed by atoms with Crippen LogP contribution >= 0.6 is 0 Å². The molecule has 0 saturated heterocycles. The van der Waals surface area contributed by atoms with Crippen molar-refractivity contribution < 1.29 is 17.9 Å². The zero-order chi connectivity index (χ0) is 15.3. The summed E-state index contributed by atoms with van der Waals surface area (Å²) in [7, 11) is 1.87. The number of aromatic nitrogens is 3. The molecule has 2 rings (SSSR count). The number of aryl methyl sites for hydroxylation is 1. The Labute approximate surface area is 119 Å². The summed E-state index contributed by atoms with van der Waals surface area (Å²) < 4.78 is 41.7. The highest BCUT2D eigenvalue weighted by Crippen LogP contribution is 2.22. The van der Waals surface area contributed by atoms with E-state index < -0.39 is 6.36 Å². The van der Waals surface area contributed by atoms with Gasteiger partial charge in [0.2, 0.25) is 0 Å². The predicted molar refractivity (Wildman–Crippen MR) is 69.5 cm³/mol. The highest BCUT2D eigenvalue weighted by Gasteiger charge is 2.30. The Morgan fingerprint density at radius 2 is 1.95 bits per heavy atom.